The van der Waals surface area contributed by atoms with Crippen molar-refractivity contribution in [3.8, 4) is 0 Å². The van der Waals surface area contributed by atoms with Crippen LogP contribution in [0.3, 0.4) is 0 Å². The molecule has 0 bridgehead atoms. The molecule has 0 radical (unpaired) electrons. The number of anilines is 1. The monoisotopic (exact) mass is 475 g/mol. The van der Waals surface area contributed by atoms with E-state index in [1.54, 1.807) is 10.6 Å². The molecule has 134 valence electrons. The van der Waals surface area contributed by atoms with Crippen LogP contribution in [0.1, 0.15) is 22.5 Å². The molecule has 0 saturated carbocycles. The van der Waals surface area contributed by atoms with Gasteiger partial charge in [-0.1, -0.05) is 30.3 Å². The fourth-order valence-corrected chi connectivity index (χ4v) is 3.83. The van der Waals surface area contributed by atoms with E-state index in [4.69, 9.17) is 9.47 Å². The summed E-state index contributed by atoms with van der Waals surface area (Å²) in [5.74, 6) is -0.756. The van der Waals surface area contributed by atoms with Crippen LogP contribution >= 0.6 is 28.4 Å². The molecule has 1 unspecified atom stereocenters. The van der Waals surface area contributed by atoms with Crippen molar-refractivity contribution in [1.82, 2.24) is 9.55 Å². The first-order chi connectivity index (χ1) is 12.1. The molecular formula is C16H19IN3O4P. The van der Waals surface area contributed by atoms with Crippen molar-refractivity contribution in [3.05, 3.63) is 47.8 Å². The molecule has 0 aliphatic carbocycles. The zero-order valence-corrected chi connectivity index (χ0v) is 17.1. The van der Waals surface area contributed by atoms with Gasteiger partial charge in [-0.05, 0) is 27.6 Å². The molecule has 1 heterocycles. The van der Waals surface area contributed by atoms with Crippen molar-refractivity contribution in [2.24, 2.45) is 0 Å². The Morgan fingerprint density at radius 1 is 1.24 bits per heavy atom. The Morgan fingerprint density at radius 3 is 2.56 bits per heavy atom. The first-order valence-electron chi connectivity index (χ1n) is 7.49. The Bertz CT molecular complexity index is 723. The average molecular weight is 475 g/mol. The minimum atomic E-state index is -0.451. The summed E-state index contributed by atoms with van der Waals surface area (Å²) in [4.78, 5) is 25.7. The highest BCUT2D eigenvalue weighted by molar-refractivity contribution is 14.2. The molecule has 9 heteroatoms. The van der Waals surface area contributed by atoms with Gasteiger partial charge in [-0.3, -0.25) is 4.79 Å². The minimum Gasteiger partial charge on any atom is -0.469 e. The highest BCUT2D eigenvalue weighted by Gasteiger charge is 2.24. The molecule has 7 nitrogen and oxygen atoms in total. The molecular weight excluding hydrogens is 456 g/mol. The second kappa shape index (κ2) is 9.72. The highest BCUT2D eigenvalue weighted by Crippen LogP contribution is 2.32. The second-order valence-corrected chi connectivity index (χ2v) is 7.14. The van der Waals surface area contributed by atoms with Crippen molar-refractivity contribution in [2.75, 3.05) is 25.7 Å². The lowest BCUT2D eigenvalue weighted by Gasteiger charge is -2.24. The number of carbonyl (C=O) groups is 2. The third-order valence-corrected chi connectivity index (χ3v) is 5.45. The van der Waals surface area contributed by atoms with Crippen LogP contribution in [0.2, 0.25) is 0 Å². The first kappa shape index (κ1) is 19.7. The molecule has 2 rings (SSSR count). The second-order valence-electron chi connectivity index (χ2n) is 5.10. The number of hydrogen-bond acceptors (Lipinski definition) is 6. The summed E-state index contributed by atoms with van der Waals surface area (Å²) in [6.07, 6.45) is 2.11. The van der Waals surface area contributed by atoms with Crippen LogP contribution < -0.4 is 4.90 Å². The van der Waals surface area contributed by atoms with Gasteiger partial charge in [0.1, 0.15) is 0 Å². The van der Waals surface area contributed by atoms with Gasteiger partial charge in [0, 0.05) is 13.1 Å². The fourth-order valence-electron chi connectivity index (χ4n) is 2.34. The SMILES string of the molecule is COC(=O)CCN(Cc1ccccc1)c1cnn(PI)c1C(=O)OC. The van der Waals surface area contributed by atoms with E-state index >= 15 is 0 Å². The summed E-state index contributed by atoms with van der Waals surface area (Å²) < 4.78 is 11.3. The molecule has 25 heavy (non-hydrogen) atoms. The van der Waals surface area contributed by atoms with Crippen molar-refractivity contribution in [1.29, 1.82) is 0 Å². The third-order valence-electron chi connectivity index (χ3n) is 3.58. The molecule has 0 aliphatic heterocycles. The van der Waals surface area contributed by atoms with Crippen LogP contribution in [-0.4, -0.2) is 42.3 Å². The lowest BCUT2D eigenvalue weighted by atomic mass is 10.2. The van der Waals surface area contributed by atoms with Gasteiger partial charge in [0.15, 0.2) is 5.69 Å². The summed E-state index contributed by atoms with van der Waals surface area (Å²) in [5.41, 5.74) is 2.09. The maximum Gasteiger partial charge on any atom is 0.358 e. The lowest BCUT2D eigenvalue weighted by molar-refractivity contribution is -0.140. The number of carbonyl (C=O) groups excluding carboxylic acids is 2. The zero-order chi connectivity index (χ0) is 18.2. The van der Waals surface area contributed by atoms with Crippen molar-refractivity contribution in [2.45, 2.75) is 13.0 Å². The van der Waals surface area contributed by atoms with Gasteiger partial charge in [-0.15, -0.1) is 0 Å². The van der Waals surface area contributed by atoms with Crippen molar-refractivity contribution >= 4 is 46.0 Å². The summed E-state index contributed by atoms with van der Waals surface area (Å²) in [6.45, 7) is 0.944. The van der Waals surface area contributed by atoms with Crippen LogP contribution in [0.4, 0.5) is 5.69 Å². The number of nitrogens with zero attached hydrogens (tertiary/aromatic N) is 3. The van der Waals surface area contributed by atoms with Gasteiger partial charge < -0.3 is 14.4 Å². The van der Waals surface area contributed by atoms with Gasteiger partial charge in [-0.2, -0.15) is 5.10 Å². The Labute approximate surface area is 161 Å². The number of ether oxygens (including phenoxy) is 2. The van der Waals surface area contributed by atoms with Crippen LogP contribution in [0, 0.1) is 0 Å². The Balaban J connectivity index is 2.35. The van der Waals surface area contributed by atoms with Gasteiger partial charge >= 0.3 is 11.9 Å². The normalized spacial score (nSPS) is 10.8. The molecule has 0 amide bonds. The Morgan fingerprint density at radius 2 is 1.96 bits per heavy atom. The summed E-state index contributed by atoms with van der Waals surface area (Å²) >= 11 is 2.15. The number of benzene rings is 1. The zero-order valence-electron chi connectivity index (χ0n) is 13.9. The molecule has 0 saturated heterocycles. The van der Waals surface area contributed by atoms with E-state index in [2.05, 4.69) is 27.1 Å². The molecule has 2 aromatic rings. The molecule has 1 atom stereocenters. The van der Waals surface area contributed by atoms with Gasteiger partial charge in [0.2, 0.25) is 0 Å². The minimum absolute atomic E-state index is 0.210. The van der Waals surface area contributed by atoms with Gasteiger partial charge in [-0.25, -0.2) is 9.25 Å². The Hall–Kier alpha value is -1.67. The number of rotatable bonds is 8. The third kappa shape index (κ3) is 5.15. The Kier molecular flexibility index (Phi) is 7.64. The van der Waals surface area contributed by atoms with Gasteiger partial charge in [0.25, 0.3) is 0 Å². The molecule has 1 aromatic carbocycles. The molecule has 0 spiro atoms. The van der Waals surface area contributed by atoms with E-state index in [9.17, 15) is 9.59 Å². The lowest BCUT2D eigenvalue weighted by Crippen LogP contribution is -2.27. The number of methoxy groups -OCH3 is 2. The standard InChI is InChI=1S/C16H19IN3O4P/c1-23-14(21)8-9-19(11-12-6-4-3-5-7-12)13-10-18-20(25-17)15(13)16(22)24-2/h3-7,10,25H,8-9,11H2,1-2H3. The van der Waals surface area contributed by atoms with E-state index in [0.717, 1.165) is 5.56 Å². The van der Waals surface area contributed by atoms with Crippen LogP contribution in [0.15, 0.2) is 36.5 Å². The quantitative estimate of drug-likeness (QED) is 0.332. The number of hydrogen-bond donors (Lipinski definition) is 0. The molecule has 0 aliphatic rings. The van der Waals surface area contributed by atoms with Crippen molar-refractivity contribution in [3.63, 3.8) is 0 Å². The van der Waals surface area contributed by atoms with Crippen LogP contribution in [0.5, 0.6) is 0 Å². The molecule has 1 aromatic heterocycles. The smallest absolute Gasteiger partial charge is 0.358 e. The predicted octanol–water partition coefficient (Wildman–Crippen LogP) is 3.03. The van der Waals surface area contributed by atoms with E-state index in [-0.39, 0.29) is 18.8 Å². The highest BCUT2D eigenvalue weighted by atomic mass is 127. The summed E-state index contributed by atoms with van der Waals surface area (Å²) in [7, 11) is 2.70. The largest absolute Gasteiger partial charge is 0.469 e. The van der Waals surface area contributed by atoms with Crippen molar-refractivity contribution < 1.29 is 19.1 Å². The predicted molar refractivity (Wildman–Crippen MR) is 105 cm³/mol. The fraction of sp³-hybridized carbons (Fsp3) is 0.312. The van der Waals surface area contributed by atoms with E-state index in [1.165, 1.54) is 14.2 Å². The number of aromatic nitrogens is 2. The topological polar surface area (TPSA) is 73.7 Å². The summed E-state index contributed by atoms with van der Waals surface area (Å²) in [5, 5.41) is 4.28. The van der Waals surface area contributed by atoms with Crippen LogP contribution in [-0.2, 0) is 20.8 Å². The van der Waals surface area contributed by atoms with Gasteiger partial charge in [0.05, 0.1) is 38.9 Å². The van der Waals surface area contributed by atoms with E-state index in [1.807, 2.05) is 35.2 Å². The van der Waals surface area contributed by atoms with E-state index < -0.39 is 5.97 Å². The van der Waals surface area contributed by atoms with E-state index in [0.29, 0.717) is 24.5 Å². The number of halogens is 1. The molecule has 0 fully saturated rings. The first-order valence-corrected chi connectivity index (χ1v) is 11.6. The maximum absolute atomic E-state index is 12.2. The number of esters is 2. The summed E-state index contributed by atoms with van der Waals surface area (Å²) in [6, 6.07) is 9.83. The van der Waals surface area contributed by atoms with Crippen LogP contribution in [0.25, 0.3) is 0 Å². The molecule has 0 N–H and O–H groups in total. The average Bonchev–Trinajstić information content (AvgIpc) is 3.08. The maximum atomic E-state index is 12.2.